The molecular formula is C26H24Cl4N2O4. The lowest BCUT2D eigenvalue weighted by molar-refractivity contribution is -0.156. The Kier molecular flexibility index (Phi) is 8.30. The third-order valence-electron chi connectivity index (χ3n) is 6.86. The minimum Gasteiger partial charge on any atom is -0.292 e. The molecule has 0 aromatic heterocycles. The Morgan fingerprint density at radius 2 is 1.58 bits per heavy atom. The fourth-order valence-electron chi connectivity index (χ4n) is 4.99. The molecule has 1 saturated heterocycles. The van der Waals surface area contributed by atoms with Crippen LogP contribution in [0.2, 0.25) is 15.1 Å². The lowest BCUT2D eigenvalue weighted by atomic mass is 9.76. The fourth-order valence-corrected chi connectivity index (χ4v) is 5.62. The Bertz CT molecular complexity index is 1200. The summed E-state index contributed by atoms with van der Waals surface area (Å²) in [6.45, 7) is 2.04. The van der Waals surface area contributed by atoms with Gasteiger partial charge in [-0.3, -0.25) is 19.2 Å². The number of amides is 3. The lowest BCUT2D eigenvalue weighted by Crippen LogP contribution is -2.57. The molecule has 6 nitrogen and oxygen atoms in total. The normalized spacial score (nSPS) is 22.4. The summed E-state index contributed by atoms with van der Waals surface area (Å²) in [5, 5.41) is 2.66. The highest BCUT2D eigenvalue weighted by Gasteiger charge is 2.54. The van der Waals surface area contributed by atoms with Gasteiger partial charge in [-0.2, -0.15) is 5.01 Å². The average molecular weight is 570 g/mol. The van der Waals surface area contributed by atoms with Crippen LogP contribution < -0.4 is 0 Å². The van der Waals surface area contributed by atoms with E-state index in [0.29, 0.717) is 17.9 Å². The first kappa shape index (κ1) is 26.9. The van der Waals surface area contributed by atoms with Crippen LogP contribution in [0, 0.1) is 17.8 Å². The van der Waals surface area contributed by atoms with Gasteiger partial charge in [-0.1, -0.05) is 41.7 Å². The zero-order chi connectivity index (χ0) is 26.1. The molecule has 0 spiro atoms. The predicted molar refractivity (Wildman–Crippen MR) is 139 cm³/mol. The molecule has 1 heterocycles. The van der Waals surface area contributed by atoms with Gasteiger partial charge in [-0.25, -0.2) is 5.01 Å². The zero-order valence-electron chi connectivity index (χ0n) is 19.4. The number of hydrogen-bond donors (Lipinski definition) is 0. The number of carbonyl (C=O) groups excluding carboxylic acids is 4. The second-order valence-corrected chi connectivity index (χ2v) is 10.9. The second kappa shape index (κ2) is 11.1. The molecule has 36 heavy (non-hydrogen) atoms. The first-order chi connectivity index (χ1) is 17.1. The molecule has 10 heteroatoms. The van der Waals surface area contributed by atoms with E-state index in [2.05, 4.69) is 0 Å². The monoisotopic (exact) mass is 568 g/mol. The van der Waals surface area contributed by atoms with E-state index in [4.69, 9.17) is 46.4 Å². The zero-order valence-corrected chi connectivity index (χ0v) is 22.4. The molecule has 0 radical (unpaired) electrons. The summed E-state index contributed by atoms with van der Waals surface area (Å²) in [6.07, 6.45) is 1.92. The van der Waals surface area contributed by atoms with Crippen LogP contribution in [0.25, 0.3) is 0 Å². The molecule has 190 valence electrons. The molecule has 0 unspecified atom stereocenters. The molecule has 0 N–H and O–H groups in total. The van der Waals surface area contributed by atoms with Crippen LogP contribution in [0.3, 0.4) is 0 Å². The number of nitrogens with zero attached hydrogens (tertiary/aromatic N) is 2. The van der Waals surface area contributed by atoms with Crippen LogP contribution in [0.4, 0.5) is 0 Å². The molecule has 1 saturated carbocycles. The number of imide groups is 1. The maximum Gasteiger partial charge on any atom is 0.273 e. The van der Waals surface area contributed by atoms with Gasteiger partial charge in [-0.05, 0) is 74.1 Å². The largest absolute Gasteiger partial charge is 0.292 e. The highest BCUT2D eigenvalue weighted by Crippen LogP contribution is 2.42. The summed E-state index contributed by atoms with van der Waals surface area (Å²) >= 11 is 24.3. The second-order valence-electron chi connectivity index (χ2n) is 9.26. The molecular weight excluding hydrogens is 546 g/mol. The van der Waals surface area contributed by atoms with Crippen molar-refractivity contribution in [1.29, 1.82) is 0 Å². The molecule has 2 aliphatic rings. The van der Waals surface area contributed by atoms with Crippen LogP contribution in [-0.4, -0.2) is 45.4 Å². The Balaban J connectivity index is 1.81. The van der Waals surface area contributed by atoms with Gasteiger partial charge < -0.3 is 0 Å². The maximum atomic E-state index is 13.9. The molecule has 1 aliphatic heterocycles. The van der Waals surface area contributed by atoms with Gasteiger partial charge in [0.15, 0.2) is 5.78 Å². The highest BCUT2D eigenvalue weighted by molar-refractivity contribution is 6.42. The van der Waals surface area contributed by atoms with Crippen LogP contribution in [0.1, 0.15) is 53.3 Å². The Hall–Kier alpha value is -2.12. The molecule has 2 aromatic rings. The Morgan fingerprint density at radius 1 is 0.944 bits per heavy atom. The Labute approximate surface area is 229 Å². The van der Waals surface area contributed by atoms with E-state index in [1.54, 1.807) is 12.1 Å². The Morgan fingerprint density at radius 3 is 2.22 bits per heavy atom. The summed E-state index contributed by atoms with van der Waals surface area (Å²) in [5.74, 6) is -2.93. The smallest absolute Gasteiger partial charge is 0.273 e. The van der Waals surface area contributed by atoms with E-state index >= 15 is 0 Å². The van der Waals surface area contributed by atoms with E-state index in [0.717, 1.165) is 16.4 Å². The number of hydrazine groups is 1. The molecule has 3 amide bonds. The average Bonchev–Trinajstić information content (AvgIpc) is 3.09. The van der Waals surface area contributed by atoms with E-state index < -0.39 is 41.4 Å². The SMILES string of the molecule is C[C@@H]1CC[C@@H]2C(=O)N(N(C(=O)c3ccc(Cl)c(Cl)c3)[C@H](CCCl)C(=O)c3ccc(Cl)cc3)C(=O)[C@H]2C1. The van der Waals surface area contributed by atoms with Crippen molar-refractivity contribution in [2.75, 3.05) is 5.88 Å². The van der Waals surface area contributed by atoms with Gasteiger partial charge in [0.1, 0.15) is 6.04 Å². The summed E-state index contributed by atoms with van der Waals surface area (Å²) < 4.78 is 0. The maximum absolute atomic E-state index is 13.9. The summed E-state index contributed by atoms with van der Waals surface area (Å²) in [4.78, 5) is 54.8. The molecule has 1 aliphatic carbocycles. The number of Topliss-reactive ketones (excluding diaryl/α,β-unsaturated/α-hetero) is 1. The quantitative estimate of drug-likeness (QED) is 0.222. The van der Waals surface area contributed by atoms with Crippen LogP contribution in [0.5, 0.6) is 0 Å². The molecule has 2 fully saturated rings. The molecule has 2 aromatic carbocycles. The van der Waals surface area contributed by atoms with Crippen molar-refractivity contribution in [2.24, 2.45) is 17.8 Å². The minimum absolute atomic E-state index is 0.00919. The first-order valence-corrected chi connectivity index (χ1v) is 13.3. The van der Waals surface area contributed by atoms with Gasteiger partial charge in [0.05, 0.1) is 21.9 Å². The number of fused-ring (bicyclic) bond motifs is 1. The third kappa shape index (κ3) is 5.14. The molecule has 0 bridgehead atoms. The van der Waals surface area contributed by atoms with Gasteiger partial charge in [0.25, 0.3) is 17.7 Å². The fraction of sp³-hybridized carbons (Fsp3) is 0.385. The number of ketones is 1. The van der Waals surface area contributed by atoms with Crippen molar-refractivity contribution in [2.45, 2.75) is 38.6 Å². The number of benzene rings is 2. The first-order valence-electron chi connectivity index (χ1n) is 11.7. The number of alkyl halides is 1. The predicted octanol–water partition coefficient (Wildman–Crippen LogP) is 6.31. The van der Waals surface area contributed by atoms with E-state index in [9.17, 15) is 19.2 Å². The van der Waals surface area contributed by atoms with Crippen molar-refractivity contribution >= 4 is 69.9 Å². The number of carbonyl (C=O) groups is 4. The number of rotatable bonds is 7. The van der Waals surface area contributed by atoms with Gasteiger partial charge in [-0.15, -0.1) is 11.6 Å². The van der Waals surface area contributed by atoms with Crippen molar-refractivity contribution in [3.63, 3.8) is 0 Å². The molecule has 4 atom stereocenters. The van der Waals surface area contributed by atoms with Crippen molar-refractivity contribution in [3.8, 4) is 0 Å². The summed E-state index contributed by atoms with van der Waals surface area (Å²) in [6, 6.07) is 9.20. The third-order valence-corrected chi connectivity index (χ3v) is 8.07. The van der Waals surface area contributed by atoms with E-state index in [1.807, 2.05) is 6.92 Å². The van der Waals surface area contributed by atoms with Crippen LogP contribution >= 0.6 is 46.4 Å². The van der Waals surface area contributed by atoms with Gasteiger partial charge in [0.2, 0.25) is 0 Å². The van der Waals surface area contributed by atoms with Gasteiger partial charge >= 0.3 is 0 Å². The standard InChI is InChI=1S/C26H24Cl4N2O4/c1-14-2-8-18-19(12-14)26(36)32(25(18)35)31(24(34)16-5-9-20(29)21(30)13-16)22(10-11-27)23(33)15-3-6-17(28)7-4-15/h3-7,9,13-14,18-19,22H,2,8,10-12H2,1H3/t14-,18+,19+,22-/m1/s1. The van der Waals surface area contributed by atoms with E-state index in [-0.39, 0.29) is 39.4 Å². The number of halogens is 4. The van der Waals surface area contributed by atoms with Crippen LogP contribution in [-0.2, 0) is 9.59 Å². The lowest BCUT2D eigenvalue weighted by Gasteiger charge is -2.36. The van der Waals surface area contributed by atoms with E-state index in [1.165, 1.54) is 30.3 Å². The minimum atomic E-state index is -1.21. The molecule has 4 rings (SSSR count). The van der Waals surface area contributed by atoms with Crippen molar-refractivity contribution < 1.29 is 19.2 Å². The van der Waals surface area contributed by atoms with Crippen LogP contribution in [0.15, 0.2) is 42.5 Å². The van der Waals surface area contributed by atoms with Crippen molar-refractivity contribution in [3.05, 3.63) is 68.7 Å². The number of hydrogen-bond acceptors (Lipinski definition) is 4. The van der Waals surface area contributed by atoms with Crippen molar-refractivity contribution in [1.82, 2.24) is 10.0 Å². The highest BCUT2D eigenvalue weighted by atomic mass is 35.5. The summed E-state index contributed by atoms with van der Waals surface area (Å²) in [7, 11) is 0. The topological polar surface area (TPSA) is 74.8 Å². The van der Waals surface area contributed by atoms with Gasteiger partial charge in [0, 0.05) is 22.0 Å². The summed E-state index contributed by atoms with van der Waals surface area (Å²) in [5.41, 5.74) is 0.350.